The maximum atomic E-state index is 13.4. The van der Waals surface area contributed by atoms with Crippen LogP contribution in [0.4, 0.5) is 0 Å². The van der Waals surface area contributed by atoms with Gasteiger partial charge in [0.15, 0.2) is 11.5 Å². The third-order valence-corrected chi connectivity index (χ3v) is 10.3. The van der Waals surface area contributed by atoms with E-state index in [1.807, 2.05) is 82.9 Å². The van der Waals surface area contributed by atoms with Crippen LogP contribution in [-0.2, 0) is 28.8 Å². The monoisotopic (exact) mass is 730 g/mol. The van der Waals surface area contributed by atoms with Gasteiger partial charge < -0.3 is 14.4 Å². The summed E-state index contributed by atoms with van der Waals surface area (Å²) in [6.07, 6.45) is 1.90. The lowest BCUT2D eigenvalue weighted by Gasteiger charge is -2.36. The molecule has 0 saturated heterocycles. The Labute approximate surface area is 322 Å². The summed E-state index contributed by atoms with van der Waals surface area (Å²) in [5, 5.41) is 25.1. The first kappa shape index (κ1) is 37.1. The van der Waals surface area contributed by atoms with E-state index in [4.69, 9.17) is 20.0 Å². The number of carbonyl (C=O) groups is 1. The lowest BCUT2D eigenvalue weighted by molar-refractivity contribution is 0.0390. The molecular weight excluding hydrogens is 685 g/mol. The largest absolute Gasteiger partial charge is 0.461 e. The van der Waals surface area contributed by atoms with E-state index in [2.05, 4.69) is 84.9 Å². The fourth-order valence-electron chi connectivity index (χ4n) is 7.42. The Morgan fingerprint density at radius 3 is 1.80 bits per heavy atom. The van der Waals surface area contributed by atoms with Gasteiger partial charge in [-0.05, 0) is 70.5 Å². The second kappa shape index (κ2) is 16.0. The Bertz CT molecular complexity index is 2250. The fraction of sp³-hybridized carbons (Fsp3) is 0.239. The summed E-state index contributed by atoms with van der Waals surface area (Å²) < 4.78 is 9.36. The number of nitrogens with zero attached hydrogens (tertiary/aromatic N) is 6. The highest BCUT2D eigenvalue weighted by atomic mass is 16.5. The lowest BCUT2D eigenvalue weighted by Crippen LogP contribution is -2.39. The number of imidazole rings is 1. The lowest BCUT2D eigenvalue weighted by atomic mass is 9.77. The van der Waals surface area contributed by atoms with Gasteiger partial charge in [0.1, 0.15) is 22.7 Å². The number of ether oxygens (including phenoxy) is 1. The number of aromatic nitrogens is 6. The van der Waals surface area contributed by atoms with Crippen molar-refractivity contribution in [3.05, 3.63) is 179 Å². The van der Waals surface area contributed by atoms with Crippen LogP contribution in [-0.4, -0.2) is 47.4 Å². The molecule has 2 heterocycles. The molecule has 0 spiro atoms. The number of benzene rings is 5. The number of tetrazole rings is 1. The van der Waals surface area contributed by atoms with Gasteiger partial charge in [0.2, 0.25) is 0 Å². The maximum absolute atomic E-state index is 13.4. The molecule has 0 fully saturated rings. The summed E-state index contributed by atoms with van der Waals surface area (Å²) in [5.74, 6) is 0.879. The van der Waals surface area contributed by atoms with E-state index in [1.54, 1.807) is 13.8 Å². The third-order valence-electron chi connectivity index (χ3n) is 10.3. The minimum atomic E-state index is -1.28. The van der Waals surface area contributed by atoms with Crippen molar-refractivity contribution in [2.45, 2.75) is 64.6 Å². The second-order valence-electron chi connectivity index (χ2n) is 13.9. The molecule has 0 aliphatic heterocycles. The van der Waals surface area contributed by atoms with Crippen LogP contribution >= 0.6 is 0 Å². The standard InChI is InChI=1S/C46H46N6O3/c1-5-19-40-47-42(45(4,54)6-2)41(44(53)55-7-3)51(40)32-33-28-30-34(31-29-33)38-26-17-18-27-39(38)43-48-49-50-52(43)46(35-20-11-8-12-21-35,36-22-13-9-14-23-36)37-24-15-10-16-25-37/h8-18,20-31,54H,5-7,19,32H2,1-4H3. The second-order valence-corrected chi connectivity index (χ2v) is 13.9. The van der Waals surface area contributed by atoms with E-state index in [9.17, 15) is 9.90 Å². The highest BCUT2D eigenvalue weighted by molar-refractivity contribution is 5.89. The van der Waals surface area contributed by atoms with Gasteiger partial charge in [-0.2, -0.15) is 0 Å². The number of hydrogen-bond donors (Lipinski definition) is 1. The Hall–Kier alpha value is -6.19. The van der Waals surface area contributed by atoms with Gasteiger partial charge in [-0.15, -0.1) is 5.10 Å². The Kier molecular flexibility index (Phi) is 10.8. The van der Waals surface area contributed by atoms with Crippen LogP contribution in [0.15, 0.2) is 140 Å². The van der Waals surface area contributed by atoms with E-state index in [0.29, 0.717) is 36.6 Å². The first-order valence-corrected chi connectivity index (χ1v) is 19.0. The van der Waals surface area contributed by atoms with Crippen LogP contribution in [0.2, 0.25) is 0 Å². The number of rotatable bonds is 14. The molecule has 278 valence electrons. The molecule has 7 aromatic rings. The van der Waals surface area contributed by atoms with Gasteiger partial charge >= 0.3 is 5.97 Å². The molecule has 55 heavy (non-hydrogen) atoms. The number of hydrogen-bond acceptors (Lipinski definition) is 7. The van der Waals surface area contributed by atoms with Crippen molar-refractivity contribution in [2.75, 3.05) is 6.61 Å². The van der Waals surface area contributed by atoms with Gasteiger partial charge in [0, 0.05) is 18.5 Å². The fourth-order valence-corrected chi connectivity index (χ4v) is 7.42. The Morgan fingerprint density at radius 2 is 1.27 bits per heavy atom. The van der Waals surface area contributed by atoms with E-state index in [0.717, 1.165) is 51.2 Å². The number of carbonyl (C=O) groups excluding carboxylic acids is 1. The SMILES string of the molecule is CCCc1nc(C(C)(O)CC)c(C(=O)OCC)n1Cc1ccc(-c2ccccc2-c2nnnn2C(c2ccccc2)(c2ccccc2)c2ccccc2)cc1. The number of aliphatic hydroxyl groups is 1. The van der Waals surface area contributed by atoms with Crippen LogP contribution in [0.1, 0.15) is 84.8 Å². The third kappa shape index (κ3) is 6.99. The van der Waals surface area contributed by atoms with Gasteiger partial charge in [0.25, 0.3) is 0 Å². The topological polar surface area (TPSA) is 108 Å². The predicted molar refractivity (Wildman–Crippen MR) is 214 cm³/mol. The summed E-state index contributed by atoms with van der Waals surface area (Å²) in [5.41, 5.74) is 5.37. The van der Waals surface area contributed by atoms with Crippen molar-refractivity contribution >= 4 is 5.97 Å². The van der Waals surface area contributed by atoms with E-state index < -0.39 is 17.1 Å². The average molecular weight is 731 g/mol. The molecule has 1 N–H and O–H groups in total. The molecule has 2 aromatic heterocycles. The van der Waals surface area contributed by atoms with Crippen molar-refractivity contribution < 1.29 is 14.6 Å². The number of esters is 1. The maximum Gasteiger partial charge on any atom is 0.357 e. The molecule has 9 nitrogen and oxygen atoms in total. The van der Waals surface area contributed by atoms with Gasteiger partial charge in [-0.3, -0.25) is 0 Å². The van der Waals surface area contributed by atoms with Crippen LogP contribution in [0.5, 0.6) is 0 Å². The molecule has 0 radical (unpaired) electrons. The molecule has 1 unspecified atom stereocenters. The first-order chi connectivity index (χ1) is 26.8. The zero-order valence-electron chi connectivity index (χ0n) is 31.8. The molecule has 0 aliphatic carbocycles. The van der Waals surface area contributed by atoms with Crippen LogP contribution in [0, 0.1) is 0 Å². The highest BCUT2D eigenvalue weighted by Gasteiger charge is 2.42. The molecule has 9 heteroatoms. The van der Waals surface area contributed by atoms with E-state index in [-0.39, 0.29) is 6.61 Å². The van der Waals surface area contributed by atoms with Crippen molar-refractivity contribution in [2.24, 2.45) is 0 Å². The molecule has 1 atom stereocenters. The van der Waals surface area contributed by atoms with Crippen molar-refractivity contribution in [3.63, 3.8) is 0 Å². The highest BCUT2D eigenvalue weighted by Crippen LogP contribution is 2.43. The van der Waals surface area contributed by atoms with Crippen LogP contribution < -0.4 is 0 Å². The van der Waals surface area contributed by atoms with Crippen molar-refractivity contribution in [1.82, 2.24) is 29.8 Å². The molecule has 0 amide bonds. The zero-order chi connectivity index (χ0) is 38.4. The van der Waals surface area contributed by atoms with Crippen LogP contribution in [0.25, 0.3) is 22.5 Å². The summed E-state index contributed by atoms with van der Waals surface area (Å²) >= 11 is 0. The minimum absolute atomic E-state index is 0.224. The Balaban J connectivity index is 1.33. The molecule has 0 aliphatic rings. The summed E-state index contributed by atoms with van der Waals surface area (Å²) in [7, 11) is 0. The van der Waals surface area contributed by atoms with Crippen LogP contribution in [0.3, 0.4) is 0 Å². The van der Waals surface area contributed by atoms with Gasteiger partial charge in [-0.1, -0.05) is 153 Å². The predicted octanol–water partition coefficient (Wildman–Crippen LogP) is 8.84. The minimum Gasteiger partial charge on any atom is -0.461 e. The summed E-state index contributed by atoms with van der Waals surface area (Å²) in [6.45, 7) is 8.06. The number of aryl methyl sites for hydroxylation is 1. The van der Waals surface area contributed by atoms with E-state index >= 15 is 0 Å². The molecule has 0 saturated carbocycles. The molecule has 5 aromatic carbocycles. The normalized spacial score (nSPS) is 12.7. The molecule has 0 bridgehead atoms. The van der Waals surface area contributed by atoms with Gasteiger partial charge in [-0.25, -0.2) is 14.5 Å². The summed E-state index contributed by atoms with van der Waals surface area (Å²) in [4.78, 5) is 18.2. The summed E-state index contributed by atoms with van der Waals surface area (Å²) in [6, 6.07) is 47.6. The Morgan fingerprint density at radius 1 is 0.727 bits per heavy atom. The average Bonchev–Trinajstić information content (AvgIpc) is 3.86. The smallest absolute Gasteiger partial charge is 0.357 e. The molecular formula is C46H46N6O3. The van der Waals surface area contributed by atoms with E-state index in [1.165, 1.54) is 0 Å². The first-order valence-electron chi connectivity index (χ1n) is 19.0. The molecule has 7 rings (SSSR count). The quantitative estimate of drug-likeness (QED) is 0.0880. The van der Waals surface area contributed by atoms with Gasteiger partial charge in [0.05, 0.1) is 6.61 Å². The van der Waals surface area contributed by atoms with Crippen molar-refractivity contribution in [1.29, 1.82) is 0 Å². The zero-order valence-corrected chi connectivity index (χ0v) is 31.8. The van der Waals surface area contributed by atoms with Crippen molar-refractivity contribution in [3.8, 4) is 22.5 Å².